The van der Waals surface area contributed by atoms with Gasteiger partial charge in [-0.2, -0.15) is 0 Å². The van der Waals surface area contributed by atoms with Gasteiger partial charge in [-0.3, -0.25) is 14.5 Å². The van der Waals surface area contributed by atoms with Crippen molar-refractivity contribution in [3.05, 3.63) is 83.1 Å². The molecule has 3 rings (SSSR count). The van der Waals surface area contributed by atoms with E-state index in [0.29, 0.717) is 5.69 Å². The summed E-state index contributed by atoms with van der Waals surface area (Å²) < 4.78 is 27.3. The number of carbonyl (C=O) groups excluding carboxylic acids is 2. The fourth-order valence-electron chi connectivity index (χ4n) is 3.26. The van der Waals surface area contributed by atoms with Crippen LogP contribution in [0.3, 0.4) is 0 Å². The second kappa shape index (κ2) is 8.82. The monoisotopic (exact) mass is 409 g/mol. The maximum atomic E-state index is 13.6. The topological polar surface area (TPSA) is 62.3 Å². The van der Waals surface area contributed by atoms with E-state index < -0.39 is 17.5 Å². The van der Waals surface area contributed by atoms with Gasteiger partial charge in [0.2, 0.25) is 11.8 Å². The van der Waals surface area contributed by atoms with E-state index >= 15 is 0 Å². The Kier molecular flexibility index (Phi) is 6.20. The average Bonchev–Trinajstić information content (AvgIpc) is 2.64. The third-order valence-corrected chi connectivity index (χ3v) is 4.66. The Morgan fingerprint density at radius 2 is 1.63 bits per heavy atom. The molecule has 0 aliphatic carbocycles. The lowest BCUT2D eigenvalue weighted by atomic mass is 10.00. The fraction of sp³-hybridized carbons (Fsp3) is 0.174. The summed E-state index contributed by atoms with van der Waals surface area (Å²) in [4.78, 5) is 29.9. The second-order valence-corrected chi connectivity index (χ2v) is 6.98. The number of aromatic nitrogens is 1. The number of pyridine rings is 1. The number of amides is 2. The van der Waals surface area contributed by atoms with Crippen molar-refractivity contribution in [1.29, 1.82) is 0 Å². The number of nitrogens with zero attached hydrogens (tertiary/aromatic N) is 2. The molecule has 0 aliphatic rings. The van der Waals surface area contributed by atoms with Crippen LogP contribution < -0.4 is 10.2 Å². The minimum atomic E-state index is -0.811. The van der Waals surface area contributed by atoms with Gasteiger partial charge in [-0.1, -0.05) is 18.2 Å². The maximum Gasteiger partial charge on any atom is 0.229 e. The van der Waals surface area contributed by atoms with Crippen LogP contribution in [-0.2, 0) is 16.0 Å². The normalized spacial score (nSPS) is 10.6. The van der Waals surface area contributed by atoms with Gasteiger partial charge in [0, 0.05) is 30.9 Å². The van der Waals surface area contributed by atoms with Crippen LogP contribution in [0.25, 0.3) is 0 Å². The fourth-order valence-corrected chi connectivity index (χ4v) is 3.26. The summed E-state index contributed by atoms with van der Waals surface area (Å²) in [6.07, 6.45) is 1.61. The number of nitrogens with one attached hydrogen (secondary N) is 1. The summed E-state index contributed by atoms with van der Waals surface area (Å²) >= 11 is 0. The van der Waals surface area contributed by atoms with E-state index in [1.165, 1.54) is 19.2 Å². The Morgan fingerprint density at radius 3 is 2.23 bits per heavy atom. The highest BCUT2D eigenvalue weighted by Gasteiger charge is 2.18. The minimum Gasteiger partial charge on any atom is -0.326 e. The van der Waals surface area contributed by atoms with Crippen LogP contribution in [-0.4, -0.2) is 16.8 Å². The lowest BCUT2D eigenvalue weighted by Crippen LogP contribution is -2.24. The standard InChI is InChI=1S/C23H21F2N3O2/c1-14-5-4-6-15(2)21(14)13-23(30)27-19-7-8-26-22(12-19)28(16(3)29)20-10-17(24)9-18(25)11-20/h4-12H,13H2,1-3H3,(H,26,27,30). The number of anilines is 3. The smallest absolute Gasteiger partial charge is 0.229 e. The van der Waals surface area contributed by atoms with Crippen molar-refractivity contribution in [2.75, 3.05) is 10.2 Å². The van der Waals surface area contributed by atoms with Gasteiger partial charge in [0.05, 0.1) is 12.1 Å². The van der Waals surface area contributed by atoms with Gasteiger partial charge in [0.25, 0.3) is 0 Å². The van der Waals surface area contributed by atoms with Crippen LogP contribution >= 0.6 is 0 Å². The van der Waals surface area contributed by atoms with E-state index in [0.717, 1.165) is 39.8 Å². The average molecular weight is 409 g/mol. The minimum absolute atomic E-state index is 0.00603. The predicted molar refractivity (Wildman–Crippen MR) is 112 cm³/mol. The number of rotatable bonds is 5. The molecule has 0 spiro atoms. The highest BCUT2D eigenvalue weighted by Crippen LogP contribution is 2.27. The third-order valence-electron chi connectivity index (χ3n) is 4.66. The molecule has 0 radical (unpaired) electrons. The summed E-state index contributed by atoms with van der Waals surface area (Å²) in [6, 6.07) is 11.7. The first-order valence-electron chi connectivity index (χ1n) is 9.32. The Morgan fingerprint density at radius 1 is 1.00 bits per heavy atom. The third kappa shape index (κ3) is 4.86. The van der Waals surface area contributed by atoms with Crippen molar-refractivity contribution < 1.29 is 18.4 Å². The van der Waals surface area contributed by atoms with E-state index in [1.54, 1.807) is 6.07 Å². The van der Waals surface area contributed by atoms with Gasteiger partial charge in [-0.05, 0) is 48.7 Å². The van der Waals surface area contributed by atoms with E-state index in [9.17, 15) is 18.4 Å². The van der Waals surface area contributed by atoms with Gasteiger partial charge >= 0.3 is 0 Å². The van der Waals surface area contributed by atoms with E-state index in [-0.39, 0.29) is 23.8 Å². The largest absolute Gasteiger partial charge is 0.326 e. The van der Waals surface area contributed by atoms with Crippen LogP contribution in [0.2, 0.25) is 0 Å². The van der Waals surface area contributed by atoms with Crippen molar-refractivity contribution in [2.24, 2.45) is 0 Å². The molecule has 3 aromatic rings. The molecule has 0 unspecified atom stereocenters. The molecular weight excluding hydrogens is 388 g/mol. The summed E-state index contributed by atoms with van der Waals surface area (Å²) in [5.41, 5.74) is 3.42. The molecule has 0 bridgehead atoms. The van der Waals surface area contributed by atoms with Crippen LogP contribution in [0.15, 0.2) is 54.7 Å². The molecule has 1 N–H and O–H groups in total. The van der Waals surface area contributed by atoms with Crippen LogP contribution in [0.5, 0.6) is 0 Å². The zero-order chi connectivity index (χ0) is 21.8. The molecule has 0 saturated heterocycles. The molecule has 5 nitrogen and oxygen atoms in total. The molecule has 0 saturated carbocycles. The van der Waals surface area contributed by atoms with Crippen molar-refractivity contribution in [1.82, 2.24) is 4.98 Å². The van der Waals surface area contributed by atoms with Crippen LogP contribution in [0.4, 0.5) is 26.0 Å². The summed E-state index contributed by atoms with van der Waals surface area (Å²) in [7, 11) is 0. The predicted octanol–water partition coefficient (Wildman–Crippen LogP) is 4.84. The van der Waals surface area contributed by atoms with E-state index in [1.807, 2.05) is 32.0 Å². The Hall–Kier alpha value is -3.61. The SMILES string of the molecule is CC(=O)N(c1cc(F)cc(F)c1)c1cc(NC(=O)Cc2c(C)cccc2C)ccn1. The Bertz CT molecular complexity index is 1070. The van der Waals surface area contributed by atoms with Gasteiger partial charge in [0.15, 0.2) is 0 Å². The number of carbonyl (C=O) groups is 2. The first-order valence-corrected chi connectivity index (χ1v) is 9.32. The Labute approximate surface area is 173 Å². The number of aryl methyl sites for hydroxylation is 2. The molecule has 2 amide bonds. The molecule has 154 valence electrons. The first kappa shape index (κ1) is 21.1. The molecule has 7 heteroatoms. The maximum absolute atomic E-state index is 13.6. The first-order chi connectivity index (χ1) is 14.2. The summed E-state index contributed by atoms with van der Waals surface area (Å²) in [5, 5.41) is 2.79. The van der Waals surface area contributed by atoms with E-state index in [4.69, 9.17) is 0 Å². The van der Waals surface area contributed by atoms with Gasteiger partial charge in [0.1, 0.15) is 17.5 Å². The van der Waals surface area contributed by atoms with Crippen molar-refractivity contribution in [2.45, 2.75) is 27.2 Å². The molecule has 0 aliphatic heterocycles. The molecule has 0 atom stereocenters. The van der Waals surface area contributed by atoms with Crippen molar-refractivity contribution >= 4 is 29.0 Å². The van der Waals surface area contributed by atoms with E-state index in [2.05, 4.69) is 10.3 Å². The zero-order valence-electron chi connectivity index (χ0n) is 16.9. The zero-order valence-corrected chi connectivity index (χ0v) is 16.9. The molecule has 1 heterocycles. The van der Waals surface area contributed by atoms with Crippen molar-refractivity contribution in [3.8, 4) is 0 Å². The Balaban J connectivity index is 1.85. The number of hydrogen-bond acceptors (Lipinski definition) is 3. The highest BCUT2D eigenvalue weighted by atomic mass is 19.1. The number of hydrogen-bond donors (Lipinski definition) is 1. The molecular formula is C23H21F2N3O2. The lowest BCUT2D eigenvalue weighted by Gasteiger charge is -2.21. The van der Waals surface area contributed by atoms with Gasteiger partial charge in [-0.25, -0.2) is 13.8 Å². The second-order valence-electron chi connectivity index (χ2n) is 6.98. The van der Waals surface area contributed by atoms with Gasteiger partial charge < -0.3 is 5.32 Å². The van der Waals surface area contributed by atoms with Crippen LogP contribution in [0.1, 0.15) is 23.6 Å². The molecule has 1 aromatic heterocycles. The van der Waals surface area contributed by atoms with Crippen molar-refractivity contribution in [3.63, 3.8) is 0 Å². The quantitative estimate of drug-likeness (QED) is 0.656. The van der Waals surface area contributed by atoms with Gasteiger partial charge in [-0.15, -0.1) is 0 Å². The number of benzene rings is 2. The molecule has 30 heavy (non-hydrogen) atoms. The number of halogens is 2. The molecule has 2 aromatic carbocycles. The summed E-state index contributed by atoms with van der Waals surface area (Å²) in [5.74, 6) is -2.19. The van der Waals surface area contributed by atoms with Crippen LogP contribution in [0, 0.1) is 25.5 Å². The summed E-state index contributed by atoms with van der Waals surface area (Å²) in [6.45, 7) is 5.16. The molecule has 0 fully saturated rings. The lowest BCUT2D eigenvalue weighted by molar-refractivity contribution is -0.116. The highest BCUT2D eigenvalue weighted by molar-refractivity contribution is 5.99.